The Labute approximate surface area is 184 Å². The van der Waals surface area contributed by atoms with Gasteiger partial charge >= 0.3 is 0 Å². The maximum Gasteiger partial charge on any atom is 0.260 e. The van der Waals surface area contributed by atoms with Crippen molar-refractivity contribution in [2.75, 3.05) is 32.8 Å². The summed E-state index contributed by atoms with van der Waals surface area (Å²) in [5.74, 6) is 0.463. The van der Waals surface area contributed by atoms with Crippen LogP contribution in [0.4, 0.5) is 0 Å². The average Bonchev–Trinajstić information content (AvgIpc) is 2.78. The summed E-state index contributed by atoms with van der Waals surface area (Å²) in [6.45, 7) is 1.14. The van der Waals surface area contributed by atoms with Gasteiger partial charge in [0.15, 0.2) is 6.61 Å². The summed E-state index contributed by atoms with van der Waals surface area (Å²) in [5.41, 5.74) is 0. The van der Waals surface area contributed by atoms with Gasteiger partial charge in [0.05, 0.1) is 4.90 Å². The van der Waals surface area contributed by atoms with E-state index >= 15 is 0 Å². The molecule has 1 aliphatic rings. The fourth-order valence-electron chi connectivity index (χ4n) is 3.42. The van der Waals surface area contributed by atoms with Crippen LogP contribution in [0.2, 0.25) is 0 Å². The number of nitrogens with zero attached hydrogens (tertiary/aromatic N) is 2. The summed E-state index contributed by atoms with van der Waals surface area (Å²) < 4.78 is 34.0. The van der Waals surface area contributed by atoms with E-state index in [-0.39, 0.29) is 30.5 Å². The van der Waals surface area contributed by atoms with E-state index in [2.05, 4.69) is 15.9 Å². The third-order valence-corrected chi connectivity index (χ3v) is 7.55. The lowest BCUT2D eigenvalue weighted by atomic mass is 10.1. The molecule has 8 heteroatoms. The van der Waals surface area contributed by atoms with Crippen molar-refractivity contribution in [2.24, 2.45) is 0 Å². The topological polar surface area (TPSA) is 66.9 Å². The summed E-state index contributed by atoms with van der Waals surface area (Å²) >= 11 is 3.35. The predicted molar refractivity (Wildman–Crippen MR) is 119 cm³/mol. The molecule has 0 unspecified atom stereocenters. The molecule has 4 rings (SSSR count). The molecule has 0 radical (unpaired) electrons. The van der Waals surface area contributed by atoms with Crippen molar-refractivity contribution in [3.8, 4) is 5.75 Å². The molecule has 0 aromatic heterocycles. The van der Waals surface area contributed by atoms with Crippen molar-refractivity contribution in [2.45, 2.75) is 4.90 Å². The summed E-state index contributed by atoms with van der Waals surface area (Å²) in [5, 5.41) is 1.88. The van der Waals surface area contributed by atoms with Crippen LogP contribution in [0.15, 0.2) is 76.1 Å². The molecule has 6 nitrogen and oxygen atoms in total. The minimum absolute atomic E-state index is 0.0704. The zero-order chi connectivity index (χ0) is 21.1. The van der Waals surface area contributed by atoms with Crippen LogP contribution in [-0.4, -0.2) is 56.3 Å². The summed E-state index contributed by atoms with van der Waals surface area (Å²) in [6, 6.07) is 20.1. The fraction of sp³-hybridized carbons (Fsp3) is 0.227. The molecule has 1 amide bonds. The number of ether oxygens (including phenoxy) is 1. The molecule has 156 valence electrons. The lowest BCUT2D eigenvalue weighted by Gasteiger charge is -2.34. The number of benzene rings is 3. The van der Waals surface area contributed by atoms with Crippen LogP contribution >= 0.6 is 15.9 Å². The van der Waals surface area contributed by atoms with Gasteiger partial charge in [0.1, 0.15) is 5.75 Å². The number of carbonyl (C=O) groups is 1. The zero-order valence-electron chi connectivity index (χ0n) is 16.2. The first kappa shape index (κ1) is 20.8. The van der Waals surface area contributed by atoms with Crippen LogP contribution in [0.1, 0.15) is 0 Å². The molecular formula is C22H21BrN2O4S. The summed E-state index contributed by atoms with van der Waals surface area (Å²) in [7, 11) is -3.60. The number of hydrogen-bond donors (Lipinski definition) is 0. The highest BCUT2D eigenvalue weighted by Crippen LogP contribution is 2.23. The number of halogens is 1. The second-order valence-corrected chi connectivity index (χ2v) is 9.89. The third kappa shape index (κ3) is 4.50. The van der Waals surface area contributed by atoms with Gasteiger partial charge < -0.3 is 9.64 Å². The quantitative estimate of drug-likeness (QED) is 0.550. The molecule has 1 fully saturated rings. The number of piperazine rings is 1. The molecule has 1 heterocycles. The fourth-order valence-corrected chi connectivity index (χ4v) is 5.14. The standard InChI is InChI=1S/C22H21BrN2O4S/c23-19-6-8-20(9-7-19)29-16-22(26)24-11-13-25(14-12-24)30(27,28)21-10-5-17-3-1-2-4-18(17)15-21/h1-10,15H,11-14,16H2. The maximum absolute atomic E-state index is 13.0. The Bertz CT molecular complexity index is 1160. The van der Waals surface area contributed by atoms with Crippen LogP contribution in [0.3, 0.4) is 0 Å². The summed E-state index contributed by atoms with van der Waals surface area (Å²) in [6.07, 6.45) is 0. The molecule has 3 aromatic carbocycles. The van der Waals surface area contributed by atoms with Gasteiger partial charge in [-0.05, 0) is 47.2 Å². The number of hydrogen-bond acceptors (Lipinski definition) is 4. The highest BCUT2D eigenvalue weighted by atomic mass is 79.9. The number of sulfonamides is 1. The second-order valence-electron chi connectivity index (χ2n) is 7.04. The van der Waals surface area contributed by atoms with Crippen molar-refractivity contribution in [3.05, 3.63) is 71.2 Å². The lowest BCUT2D eigenvalue weighted by Crippen LogP contribution is -2.51. The van der Waals surface area contributed by atoms with E-state index < -0.39 is 10.0 Å². The van der Waals surface area contributed by atoms with Crippen LogP contribution in [-0.2, 0) is 14.8 Å². The Morgan fingerprint density at radius 1 is 0.900 bits per heavy atom. The van der Waals surface area contributed by atoms with E-state index in [1.54, 1.807) is 29.2 Å². The van der Waals surface area contributed by atoms with Crippen molar-refractivity contribution < 1.29 is 17.9 Å². The van der Waals surface area contributed by atoms with Gasteiger partial charge in [-0.3, -0.25) is 4.79 Å². The van der Waals surface area contributed by atoms with Crippen LogP contribution < -0.4 is 4.74 Å². The Balaban J connectivity index is 1.36. The monoisotopic (exact) mass is 488 g/mol. The largest absolute Gasteiger partial charge is 0.484 e. The first-order valence-electron chi connectivity index (χ1n) is 9.58. The number of carbonyl (C=O) groups excluding carboxylic acids is 1. The number of fused-ring (bicyclic) bond motifs is 1. The van der Waals surface area contributed by atoms with E-state index in [1.165, 1.54) is 4.31 Å². The van der Waals surface area contributed by atoms with Crippen LogP contribution in [0.25, 0.3) is 10.8 Å². The molecule has 0 atom stereocenters. The predicted octanol–water partition coefficient (Wildman–Crippen LogP) is 3.51. The highest BCUT2D eigenvalue weighted by molar-refractivity contribution is 9.10. The molecular weight excluding hydrogens is 468 g/mol. The van der Waals surface area contributed by atoms with Gasteiger partial charge in [-0.15, -0.1) is 0 Å². The molecule has 3 aromatic rings. The van der Waals surface area contributed by atoms with Gasteiger partial charge in [-0.25, -0.2) is 8.42 Å². The molecule has 0 N–H and O–H groups in total. The minimum Gasteiger partial charge on any atom is -0.484 e. The van der Waals surface area contributed by atoms with Gasteiger partial charge in [-0.1, -0.05) is 46.3 Å². The summed E-state index contributed by atoms with van der Waals surface area (Å²) in [4.78, 5) is 14.4. The smallest absolute Gasteiger partial charge is 0.260 e. The van der Waals surface area contributed by atoms with E-state index in [9.17, 15) is 13.2 Å². The van der Waals surface area contributed by atoms with Gasteiger partial charge in [0.25, 0.3) is 5.91 Å². The zero-order valence-corrected chi connectivity index (χ0v) is 18.6. The lowest BCUT2D eigenvalue weighted by molar-refractivity contribution is -0.134. The third-order valence-electron chi connectivity index (χ3n) is 5.13. The Kier molecular flexibility index (Phi) is 6.08. The van der Waals surface area contributed by atoms with Gasteiger partial charge in [-0.2, -0.15) is 4.31 Å². The van der Waals surface area contributed by atoms with E-state index in [0.717, 1.165) is 15.2 Å². The van der Waals surface area contributed by atoms with E-state index in [0.29, 0.717) is 18.8 Å². The number of amides is 1. The van der Waals surface area contributed by atoms with Gasteiger partial charge in [0.2, 0.25) is 10.0 Å². The van der Waals surface area contributed by atoms with Crippen molar-refractivity contribution >= 4 is 42.6 Å². The average molecular weight is 489 g/mol. The molecule has 30 heavy (non-hydrogen) atoms. The van der Waals surface area contributed by atoms with Crippen molar-refractivity contribution in [1.29, 1.82) is 0 Å². The SMILES string of the molecule is O=C(COc1ccc(Br)cc1)N1CCN(S(=O)(=O)c2ccc3ccccc3c2)CC1. The maximum atomic E-state index is 13.0. The van der Waals surface area contributed by atoms with Crippen molar-refractivity contribution in [3.63, 3.8) is 0 Å². The van der Waals surface area contributed by atoms with Crippen LogP contribution in [0, 0.1) is 0 Å². The Morgan fingerprint density at radius 3 is 2.27 bits per heavy atom. The van der Waals surface area contributed by atoms with Crippen molar-refractivity contribution in [1.82, 2.24) is 9.21 Å². The second kappa shape index (κ2) is 8.75. The first-order valence-corrected chi connectivity index (χ1v) is 11.8. The molecule has 0 aliphatic carbocycles. The van der Waals surface area contributed by atoms with Crippen LogP contribution in [0.5, 0.6) is 5.75 Å². The first-order chi connectivity index (χ1) is 14.4. The normalized spacial score (nSPS) is 15.3. The number of rotatable bonds is 5. The van der Waals surface area contributed by atoms with Gasteiger partial charge in [0, 0.05) is 30.7 Å². The molecule has 0 saturated carbocycles. The molecule has 0 spiro atoms. The molecule has 1 saturated heterocycles. The molecule has 1 aliphatic heterocycles. The Hall–Kier alpha value is -2.42. The Morgan fingerprint density at radius 2 is 1.57 bits per heavy atom. The molecule has 0 bridgehead atoms. The van der Waals surface area contributed by atoms with E-state index in [4.69, 9.17) is 4.74 Å². The minimum atomic E-state index is -3.60. The highest BCUT2D eigenvalue weighted by Gasteiger charge is 2.30. The van der Waals surface area contributed by atoms with E-state index in [1.807, 2.05) is 42.5 Å².